The highest BCUT2D eigenvalue weighted by Gasteiger charge is 2.34. The fourth-order valence-electron chi connectivity index (χ4n) is 2.81. The summed E-state index contributed by atoms with van der Waals surface area (Å²) in [7, 11) is -1.86. The average Bonchev–Trinajstić information content (AvgIpc) is 2.99. The van der Waals surface area contributed by atoms with E-state index in [1.165, 1.54) is 36.3 Å². The Morgan fingerprint density at radius 2 is 1.69 bits per heavy atom. The van der Waals surface area contributed by atoms with Gasteiger partial charge >= 0.3 is 11.9 Å². The summed E-state index contributed by atoms with van der Waals surface area (Å²) in [6, 6.07) is 5.27. The minimum Gasteiger partial charge on any atom is -0.465 e. The summed E-state index contributed by atoms with van der Waals surface area (Å²) in [6.45, 7) is 1.61. The molecule has 1 aromatic rings. The molecule has 0 saturated carbocycles. The topological polar surface area (TPSA) is 107 Å². The fourth-order valence-corrected chi connectivity index (χ4v) is 4.54. The summed E-state index contributed by atoms with van der Waals surface area (Å²) in [6.07, 6.45) is 0.394. The molecule has 1 heterocycles. The lowest BCUT2D eigenvalue weighted by Crippen LogP contribution is -2.43. The molecule has 1 amide bonds. The number of sulfone groups is 1. The molecule has 2 rings (SSSR count). The first kappa shape index (κ1) is 19.9. The maximum Gasteiger partial charge on any atom is 0.338 e. The van der Waals surface area contributed by atoms with Crippen molar-refractivity contribution in [2.45, 2.75) is 19.4 Å². The van der Waals surface area contributed by atoms with Crippen LogP contribution in [-0.2, 0) is 24.1 Å². The number of likely N-dealkylation sites (N-methyl/N-ethyl adjacent to an activating group) is 1. The Labute approximate surface area is 152 Å². The predicted molar refractivity (Wildman–Crippen MR) is 92.5 cm³/mol. The van der Waals surface area contributed by atoms with Crippen molar-refractivity contribution in [3.05, 3.63) is 35.4 Å². The van der Waals surface area contributed by atoms with Crippen LogP contribution in [0.4, 0.5) is 0 Å². The second kappa shape index (κ2) is 8.31. The third-order valence-electron chi connectivity index (χ3n) is 4.18. The molecular weight excluding hydrogens is 362 g/mol. The SMILES string of the molecule is CCN(C(=O)COC(=O)c1ccc(C(=O)OC)cc1)[C@@H]1CCS(=O)(=O)C1. The number of rotatable bonds is 6. The number of hydrogen-bond donors (Lipinski definition) is 0. The van der Waals surface area contributed by atoms with E-state index in [9.17, 15) is 22.8 Å². The third kappa shape index (κ3) is 4.81. The van der Waals surface area contributed by atoms with E-state index in [1.54, 1.807) is 6.92 Å². The van der Waals surface area contributed by atoms with E-state index in [-0.39, 0.29) is 23.1 Å². The van der Waals surface area contributed by atoms with Gasteiger partial charge in [-0.3, -0.25) is 4.79 Å². The lowest BCUT2D eigenvalue weighted by Gasteiger charge is -2.26. The molecule has 1 aromatic carbocycles. The number of benzene rings is 1. The molecule has 1 saturated heterocycles. The number of esters is 2. The Morgan fingerprint density at radius 1 is 1.12 bits per heavy atom. The Hall–Kier alpha value is -2.42. The van der Waals surface area contributed by atoms with Crippen LogP contribution in [0.15, 0.2) is 24.3 Å². The third-order valence-corrected chi connectivity index (χ3v) is 5.93. The van der Waals surface area contributed by atoms with Gasteiger partial charge in [-0.1, -0.05) is 0 Å². The van der Waals surface area contributed by atoms with E-state index in [1.807, 2.05) is 0 Å². The normalized spacial score (nSPS) is 18.2. The van der Waals surface area contributed by atoms with Gasteiger partial charge in [0.15, 0.2) is 16.4 Å². The number of hydrogen-bond acceptors (Lipinski definition) is 7. The monoisotopic (exact) mass is 383 g/mol. The largest absolute Gasteiger partial charge is 0.465 e. The van der Waals surface area contributed by atoms with Crippen LogP contribution >= 0.6 is 0 Å². The van der Waals surface area contributed by atoms with E-state index in [0.29, 0.717) is 18.5 Å². The summed E-state index contributed by atoms with van der Waals surface area (Å²) in [5, 5.41) is 0. The zero-order valence-electron chi connectivity index (χ0n) is 14.6. The smallest absolute Gasteiger partial charge is 0.338 e. The van der Waals surface area contributed by atoms with Crippen molar-refractivity contribution in [1.29, 1.82) is 0 Å². The molecule has 0 aromatic heterocycles. The highest BCUT2D eigenvalue weighted by Crippen LogP contribution is 2.18. The van der Waals surface area contributed by atoms with Gasteiger partial charge in [-0.15, -0.1) is 0 Å². The first-order chi connectivity index (χ1) is 12.3. The van der Waals surface area contributed by atoms with Gasteiger partial charge < -0.3 is 14.4 Å². The van der Waals surface area contributed by atoms with Crippen LogP contribution in [0.25, 0.3) is 0 Å². The number of ether oxygens (including phenoxy) is 2. The Morgan fingerprint density at radius 3 is 2.15 bits per heavy atom. The molecule has 1 atom stereocenters. The van der Waals surface area contributed by atoms with Crippen LogP contribution in [0.3, 0.4) is 0 Å². The summed E-state index contributed by atoms with van der Waals surface area (Å²) < 4.78 is 32.7. The molecule has 0 N–H and O–H groups in total. The molecular formula is C17H21NO7S. The van der Waals surface area contributed by atoms with E-state index < -0.39 is 34.3 Å². The van der Waals surface area contributed by atoms with Gasteiger partial charge in [0.25, 0.3) is 5.91 Å². The molecule has 0 spiro atoms. The molecule has 1 aliphatic rings. The molecule has 1 aliphatic heterocycles. The van der Waals surface area contributed by atoms with Gasteiger partial charge in [0.1, 0.15) is 0 Å². The highest BCUT2D eigenvalue weighted by atomic mass is 32.2. The van der Waals surface area contributed by atoms with Crippen LogP contribution in [0.1, 0.15) is 34.1 Å². The summed E-state index contributed by atoms with van der Waals surface area (Å²) in [4.78, 5) is 37.1. The molecule has 26 heavy (non-hydrogen) atoms. The second-order valence-electron chi connectivity index (χ2n) is 5.88. The summed E-state index contributed by atoms with van der Waals surface area (Å²) in [5.74, 6) is -1.66. The van der Waals surface area contributed by atoms with Crippen molar-refractivity contribution in [2.24, 2.45) is 0 Å². The van der Waals surface area contributed by atoms with Crippen molar-refractivity contribution in [3.8, 4) is 0 Å². The van der Waals surface area contributed by atoms with Gasteiger partial charge in [-0.05, 0) is 37.6 Å². The molecule has 142 valence electrons. The minimum absolute atomic E-state index is 0.0600. The van der Waals surface area contributed by atoms with Crippen LogP contribution in [0.5, 0.6) is 0 Å². The lowest BCUT2D eigenvalue weighted by molar-refractivity contribution is -0.136. The van der Waals surface area contributed by atoms with Crippen molar-refractivity contribution in [3.63, 3.8) is 0 Å². The van der Waals surface area contributed by atoms with E-state index in [4.69, 9.17) is 4.74 Å². The summed E-state index contributed by atoms with van der Waals surface area (Å²) in [5.41, 5.74) is 0.483. The van der Waals surface area contributed by atoms with Crippen LogP contribution in [-0.4, -0.2) is 69.0 Å². The first-order valence-corrected chi connectivity index (χ1v) is 9.95. The van der Waals surface area contributed by atoms with Gasteiger partial charge in [-0.25, -0.2) is 18.0 Å². The minimum atomic E-state index is -3.11. The fraction of sp³-hybridized carbons (Fsp3) is 0.471. The number of carbonyl (C=O) groups is 3. The molecule has 8 nitrogen and oxygen atoms in total. The molecule has 0 bridgehead atoms. The van der Waals surface area contributed by atoms with Crippen molar-refractivity contribution in [1.82, 2.24) is 4.90 Å². The van der Waals surface area contributed by atoms with Crippen LogP contribution in [0.2, 0.25) is 0 Å². The molecule has 9 heteroatoms. The Kier molecular flexibility index (Phi) is 6.36. The van der Waals surface area contributed by atoms with E-state index >= 15 is 0 Å². The van der Waals surface area contributed by atoms with Crippen LogP contribution < -0.4 is 0 Å². The first-order valence-electron chi connectivity index (χ1n) is 8.12. The molecule has 0 aliphatic carbocycles. The number of methoxy groups -OCH3 is 1. The molecule has 1 fully saturated rings. The zero-order chi connectivity index (χ0) is 19.3. The number of amides is 1. The quantitative estimate of drug-likeness (QED) is 0.664. The van der Waals surface area contributed by atoms with Crippen molar-refractivity contribution >= 4 is 27.7 Å². The number of carbonyl (C=O) groups excluding carboxylic acids is 3. The molecule has 0 radical (unpaired) electrons. The van der Waals surface area contributed by atoms with Crippen molar-refractivity contribution < 1.29 is 32.3 Å². The second-order valence-corrected chi connectivity index (χ2v) is 8.11. The highest BCUT2D eigenvalue weighted by molar-refractivity contribution is 7.91. The van der Waals surface area contributed by atoms with Crippen molar-refractivity contribution in [2.75, 3.05) is 31.8 Å². The lowest BCUT2D eigenvalue weighted by atomic mass is 10.1. The maximum absolute atomic E-state index is 12.3. The van der Waals surface area contributed by atoms with Gasteiger partial charge in [0.2, 0.25) is 0 Å². The predicted octanol–water partition coefficient (Wildman–Crippen LogP) is 0.666. The van der Waals surface area contributed by atoms with E-state index in [2.05, 4.69) is 4.74 Å². The molecule has 0 unspecified atom stereocenters. The van der Waals surface area contributed by atoms with E-state index in [0.717, 1.165) is 0 Å². The zero-order valence-corrected chi connectivity index (χ0v) is 15.5. The standard InChI is InChI=1S/C17H21NO7S/c1-3-18(14-8-9-26(22,23)11-14)15(19)10-25-17(21)13-6-4-12(5-7-13)16(20)24-2/h4-7,14H,3,8-11H2,1-2H3/t14-/m1/s1. The maximum atomic E-state index is 12.3. The van der Waals surface area contributed by atoms with Gasteiger partial charge in [0.05, 0.1) is 29.7 Å². The van der Waals surface area contributed by atoms with Crippen LogP contribution in [0, 0.1) is 0 Å². The van der Waals surface area contributed by atoms with Gasteiger partial charge in [0, 0.05) is 12.6 Å². The Bertz CT molecular complexity index is 786. The Balaban J connectivity index is 1.93. The summed E-state index contributed by atoms with van der Waals surface area (Å²) >= 11 is 0. The number of nitrogens with zero attached hydrogens (tertiary/aromatic N) is 1. The van der Waals surface area contributed by atoms with Gasteiger partial charge in [-0.2, -0.15) is 0 Å². The average molecular weight is 383 g/mol.